The number of hydrogen-bond donors (Lipinski definition) is 3. The van der Waals surface area contributed by atoms with Gasteiger partial charge in [-0.1, -0.05) is 31.2 Å². The quantitative estimate of drug-likeness (QED) is 0.691. The Bertz CT molecular complexity index is 1030. The molecule has 1 saturated carbocycles. The maximum Gasteiger partial charge on any atom is 0.307 e. The zero-order valence-electron chi connectivity index (χ0n) is 15.4. The summed E-state index contributed by atoms with van der Waals surface area (Å²) in [6, 6.07) is 8.49. The Morgan fingerprint density at radius 3 is 2.68 bits per heavy atom. The predicted octanol–water partition coefficient (Wildman–Crippen LogP) is 2.46. The van der Waals surface area contributed by atoms with Crippen LogP contribution in [0.15, 0.2) is 47.3 Å². The number of aromatic nitrogens is 2. The zero-order chi connectivity index (χ0) is 19.8. The Morgan fingerprint density at radius 2 is 1.96 bits per heavy atom. The van der Waals surface area contributed by atoms with Gasteiger partial charge in [0.15, 0.2) is 0 Å². The Hall–Kier alpha value is -3.22. The minimum atomic E-state index is -0.927. The van der Waals surface area contributed by atoms with Crippen molar-refractivity contribution in [2.75, 3.05) is 5.32 Å². The molecule has 1 fully saturated rings. The highest BCUT2D eigenvalue weighted by molar-refractivity contribution is 5.96. The van der Waals surface area contributed by atoms with Crippen LogP contribution in [-0.4, -0.2) is 27.0 Å². The van der Waals surface area contributed by atoms with Gasteiger partial charge in [0.25, 0.3) is 5.56 Å². The van der Waals surface area contributed by atoms with E-state index < -0.39 is 17.8 Å². The number of nitrogens with one attached hydrogen (secondary N) is 2. The van der Waals surface area contributed by atoms with Crippen LogP contribution in [0, 0.1) is 23.7 Å². The predicted molar refractivity (Wildman–Crippen MR) is 104 cm³/mol. The maximum atomic E-state index is 12.8. The van der Waals surface area contributed by atoms with Crippen LogP contribution in [0.2, 0.25) is 0 Å². The Morgan fingerprint density at radius 1 is 1.21 bits per heavy atom. The first-order valence-electron chi connectivity index (χ1n) is 9.39. The summed E-state index contributed by atoms with van der Waals surface area (Å²) < 4.78 is 0. The number of nitrogens with zero attached hydrogens (tertiary/aromatic N) is 1. The van der Waals surface area contributed by atoms with Crippen LogP contribution in [0.4, 0.5) is 5.69 Å². The van der Waals surface area contributed by atoms with E-state index in [1.807, 2.05) is 19.1 Å². The normalized spacial score (nSPS) is 25.0. The highest BCUT2D eigenvalue weighted by atomic mass is 16.4. The molecule has 0 spiro atoms. The van der Waals surface area contributed by atoms with Crippen LogP contribution in [0.5, 0.6) is 0 Å². The lowest BCUT2D eigenvalue weighted by Crippen LogP contribution is -2.36. The summed E-state index contributed by atoms with van der Waals surface area (Å²) in [5, 5.41) is 12.4. The molecular formula is C21H21N3O4. The van der Waals surface area contributed by atoms with Gasteiger partial charge in [-0.3, -0.25) is 14.4 Å². The number of allylic oxidation sites excluding steroid dienone is 2. The molecule has 2 aliphatic carbocycles. The first-order chi connectivity index (χ1) is 13.5. The Labute approximate surface area is 161 Å². The van der Waals surface area contributed by atoms with E-state index in [0.29, 0.717) is 35.6 Å². The van der Waals surface area contributed by atoms with Gasteiger partial charge in [-0.2, -0.15) is 0 Å². The molecule has 7 nitrogen and oxygen atoms in total. The zero-order valence-corrected chi connectivity index (χ0v) is 15.4. The number of carboxylic acids is 1. The fraction of sp³-hybridized carbons (Fsp3) is 0.333. The van der Waals surface area contributed by atoms with Gasteiger partial charge in [0, 0.05) is 23.0 Å². The van der Waals surface area contributed by atoms with Gasteiger partial charge in [0.1, 0.15) is 5.82 Å². The van der Waals surface area contributed by atoms with Crippen molar-refractivity contribution in [3.63, 3.8) is 0 Å². The van der Waals surface area contributed by atoms with Gasteiger partial charge < -0.3 is 15.4 Å². The molecule has 28 heavy (non-hydrogen) atoms. The summed E-state index contributed by atoms with van der Waals surface area (Å²) in [5.74, 6) is -2.14. The van der Waals surface area contributed by atoms with Crippen LogP contribution < -0.4 is 10.9 Å². The smallest absolute Gasteiger partial charge is 0.307 e. The molecule has 2 aliphatic rings. The molecule has 1 aromatic heterocycles. The number of aryl methyl sites for hydroxylation is 1. The molecule has 2 aromatic rings. The van der Waals surface area contributed by atoms with Gasteiger partial charge in [-0.25, -0.2) is 4.98 Å². The largest absolute Gasteiger partial charge is 0.481 e. The molecule has 4 atom stereocenters. The number of fused-ring (bicyclic) bond motifs is 2. The molecule has 0 radical (unpaired) electrons. The SMILES string of the molecule is CCc1cc(=O)[nH]c(-c2cccc(NC(=O)C3C4C=CC(C4)C3C(=O)O)c2)n1. The summed E-state index contributed by atoms with van der Waals surface area (Å²) in [6.45, 7) is 1.92. The molecule has 0 saturated heterocycles. The third kappa shape index (κ3) is 3.24. The van der Waals surface area contributed by atoms with Crippen molar-refractivity contribution in [2.24, 2.45) is 23.7 Å². The summed E-state index contributed by atoms with van der Waals surface area (Å²) >= 11 is 0. The average molecular weight is 379 g/mol. The summed E-state index contributed by atoms with van der Waals surface area (Å²) in [6.07, 6.45) is 5.22. The fourth-order valence-corrected chi connectivity index (χ4v) is 4.31. The highest BCUT2D eigenvalue weighted by Gasteiger charge is 2.51. The van der Waals surface area contributed by atoms with Crippen molar-refractivity contribution < 1.29 is 14.7 Å². The van der Waals surface area contributed by atoms with E-state index in [0.717, 1.165) is 0 Å². The van der Waals surface area contributed by atoms with Gasteiger partial charge in [0.2, 0.25) is 5.91 Å². The Balaban J connectivity index is 1.58. The number of anilines is 1. The van der Waals surface area contributed by atoms with Gasteiger partial charge in [-0.15, -0.1) is 0 Å². The van der Waals surface area contributed by atoms with Crippen molar-refractivity contribution in [3.8, 4) is 11.4 Å². The van der Waals surface area contributed by atoms with Crippen molar-refractivity contribution >= 4 is 17.6 Å². The van der Waals surface area contributed by atoms with E-state index in [9.17, 15) is 19.5 Å². The third-order valence-corrected chi connectivity index (χ3v) is 5.61. The van der Waals surface area contributed by atoms with E-state index in [4.69, 9.17) is 0 Å². The molecule has 2 bridgehead atoms. The lowest BCUT2D eigenvalue weighted by Gasteiger charge is -2.24. The minimum Gasteiger partial charge on any atom is -0.481 e. The topological polar surface area (TPSA) is 112 Å². The highest BCUT2D eigenvalue weighted by Crippen LogP contribution is 2.48. The number of rotatable bonds is 5. The van der Waals surface area contributed by atoms with Gasteiger partial charge in [-0.05, 0) is 36.8 Å². The van der Waals surface area contributed by atoms with E-state index in [-0.39, 0.29) is 23.3 Å². The summed E-state index contributed by atoms with van der Waals surface area (Å²) in [7, 11) is 0. The van der Waals surface area contributed by atoms with Crippen LogP contribution in [0.25, 0.3) is 11.4 Å². The summed E-state index contributed by atoms with van der Waals surface area (Å²) in [4.78, 5) is 43.4. The molecule has 1 aromatic carbocycles. The van der Waals surface area contributed by atoms with Crippen molar-refractivity contribution in [1.82, 2.24) is 9.97 Å². The first kappa shape index (κ1) is 18.2. The van der Waals surface area contributed by atoms with Crippen molar-refractivity contribution in [2.45, 2.75) is 19.8 Å². The number of amides is 1. The molecule has 7 heteroatoms. The van der Waals surface area contributed by atoms with Crippen LogP contribution in [0.1, 0.15) is 19.0 Å². The van der Waals surface area contributed by atoms with E-state index in [1.54, 1.807) is 24.3 Å². The van der Waals surface area contributed by atoms with Crippen molar-refractivity contribution in [3.05, 3.63) is 58.5 Å². The lowest BCUT2D eigenvalue weighted by atomic mass is 9.82. The molecule has 1 heterocycles. The third-order valence-electron chi connectivity index (χ3n) is 5.61. The second-order valence-corrected chi connectivity index (χ2v) is 7.35. The summed E-state index contributed by atoms with van der Waals surface area (Å²) in [5.41, 5.74) is 1.68. The maximum absolute atomic E-state index is 12.8. The second kappa shape index (κ2) is 7.07. The monoisotopic (exact) mass is 379 g/mol. The number of hydrogen-bond acceptors (Lipinski definition) is 4. The molecule has 1 amide bonds. The molecule has 4 rings (SSSR count). The Kier molecular flexibility index (Phi) is 4.58. The molecule has 3 N–H and O–H groups in total. The average Bonchev–Trinajstić information content (AvgIpc) is 3.29. The van der Waals surface area contributed by atoms with Gasteiger partial charge >= 0.3 is 5.97 Å². The molecule has 0 aliphatic heterocycles. The number of benzene rings is 1. The number of carboxylic acid groups (broad SMARTS) is 1. The van der Waals surface area contributed by atoms with Crippen LogP contribution in [-0.2, 0) is 16.0 Å². The number of carbonyl (C=O) groups excluding carboxylic acids is 1. The number of H-pyrrole nitrogens is 1. The molecule has 4 unspecified atom stereocenters. The number of carbonyl (C=O) groups is 2. The molecule has 144 valence electrons. The second-order valence-electron chi connectivity index (χ2n) is 7.35. The van der Waals surface area contributed by atoms with E-state index in [1.165, 1.54) is 6.07 Å². The molecular weight excluding hydrogens is 358 g/mol. The van der Waals surface area contributed by atoms with E-state index in [2.05, 4.69) is 15.3 Å². The van der Waals surface area contributed by atoms with Crippen LogP contribution >= 0.6 is 0 Å². The number of aliphatic carboxylic acids is 1. The van der Waals surface area contributed by atoms with Gasteiger partial charge in [0.05, 0.1) is 11.8 Å². The fourth-order valence-electron chi connectivity index (χ4n) is 4.31. The minimum absolute atomic E-state index is 0.0338. The lowest BCUT2D eigenvalue weighted by molar-refractivity contribution is -0.146. The standard InChI is InChI=1S/C21H21N3O4/c1-2-14-10-16(25)24-19(22-14)13-4-3-5-15(9-13)23-20(26)17-11-6-7-12(8-11)18(17)21(27)28/h3-7,9-12,17-18H,2,8H2,1H3,(H,23,26)(H,27,28)(H,22,24,25). The first-order valence-corrected chi connectivity index (χ1v) is 9.39. The van der Waals surface area contributed by atoms with E-state index >= 15 is 0 Å². The van der Waals surface area contributed by atoms with Crippen LogP contribution in [0.3, 0.4) is 0 Å². The number of aromatic amines is 1. The van der Waals surface area contributed by atoms with Crippen molar-refractivity contribution in [1.29, 1.82) is 0 Å².